The molecule has 0 atom stereocenters. The van der Waals surface area contributed by atoms with Gasteiger partial charge in [0.25, 0.3) is 10.2 Å². The van der Waals surface area contributed by atoms with Gasteiger partial charge in [-0.2, -0.15) is 13.1 Å². The largest absolute Gasteiger partial charge is 0.275 e. The average Bonchev–Trinajstić information content (AvgIpc) is 2.82. The summed E-state index contributed by atoms with van der Waals surface area (Å²) in [6.07, 6.45) is 4.60. The highest BCUT2D eigenvalue weighted by atomic mass is 32.2. The number of benzene rings is 1. The van der Waals surface area contributed by atoms with E-state index in [0.717, 1.165) is 47.3 Å². The van der Waals surface area contributed by atoms with E-state index in [2.05, 4.69) is 9.71 Å². The number of thiazole rings is 1. The van der Waals surface area contributed by atoms with Crippen molar-refractivity contribution in [2.75, 3.05) is 0 Å². The van der Waals surface area contributed by atoms with Gasteiger partial charge in [0.2, 0.25) is 0 Å². The van der Waals surface area contributed by atoms with E-state index in [4.69, 9.17) is 5.14 Å². The molecule has 7 heteroatoms. The van der Waals surface area contributed by atoms with E-state index in [1.54, 1.807) is 11.3 Å². The number of fused-ring (bicyclic) bond motifs is 1. The van der Waals surface area contributed by atoms with E-state index in [1.165, 1.54) is 0 Å². The van der Waals surface area contributed by atoms with Crippen molar-refractivity contribution in [3.63, 3.8) is 0 Å². The van der Waals surface area contributed by atoms with Crippen LogP contribution in [0.2, 0.25) is 0 Å². The number of hydrogen-bond donors (Lipinski definition) is 2. The van der Waals surface area contributed by atoms with Gasteiger partial charge in [-0.1, -0.05) is 31.4 Å². The molecule has 3 rings (SSSR count). The molecule has 1 fully saturated rings. The van der Waals surface area contributed by atoms with E-state index in [1.807, 2.05) is 24.3 Å². The second kappa shape index (κ2) is 5.07. The number of para-hydroxylation sites is 1. The summed E-state index contributed by atoms with van der Waals surface area (Å²) in [6.45, 7) is 0. The van der Waals surface area contributed by atoms with Crippen LogP contribution in [0.5, 0.6) is 0 Å². The van der Waals surface area contributed by atoms with E-state index < -0.39 is 15.7 Å². The fourth-order valence-corrected chi connectivity index (χ4v) is 4.94. The predicted octanol–water partition coefficient (Wildman–Crippen LogP) is 2.25. The standard InChI is InChI=1S/C13H17N3O2S2/c14-20(17,18)16-13(8-4-1-5-9-13)12-15-10-6-2-3-7-11(10)19-12/h2-3,6-7,16H,1,4-5,8-9H2,(H2,14,17,18). The zero-order valence-corrected chi connectivity index (χ0v) is 12.6. The summed E-state index contributed by atoms with van der Waals surface area (Å²) in [4.78, 5) is 4.63. The Morgan fingerprint density at radius 1 is 1.20 bits per heavy atom. The smallest absolute Gasteiger partial charge is 0.239 e. The Morgan fingerprint density at radius 2 is 1.90 bits per heavy atom. The molecule has 0 amide bonds. The van der Waals surface area contributed by atoms with Crippen LogP contribution in [0.15, 0.2) is 24.3 Å². The summed E-state index contributed by atoms with van der Waals surface area (Å²) in [5.41, 5.74) is 0.281. The normalized spacial score (nSPS) is 19.2. The van der Waals surface area contributed by atoms with E-state index in [-0.39, 0.29) is 0 Å². The van der Waals surface area contributed by atoms with Gasteiger partial charge in [-0.15, -0.1) is 11.3 Å². The number of nitrogens with zero attached hydrogens (tertiary/aromatic N) is 1. The highest BCUT2D eigenvalue weighted by Gasteiger charge is 2.39. The van der Waals surface area contributed by atoms with Crippen molar-refractivity contribution >= 4 is 31.8 Å². The van der Waals surface area contributed by atoms with Gasteiger partial charge in [-0.3, -0.25) is 0 Å². The molecular weight excluding hydrogens is 294 g/mol. The minimum atomic E-state index is -3.75. The maximum absolute atomic E-state index is 11.5. The molecular formula is C13H17N3O2S2. The third-order valence-corrected chi connectivity index (χ3v) is 5.66. The van der Waals surface area contributed by atoms with Crippen LogP contribution in [0.25, 0.3) is 10.2 Å². The molecule has 1 aromatic heterocycles. The molecule has 0 spiro atoms. The van der Waals surface area contributed by atoms with Crippen LogP contribution >= 0.6 is 11.3 Å². The van der Waals surface area contributed by atoms with Crippen molar-refractivity contribution in [3.8, 4) is 0 Å². The Labute approximate surface area is 122 Å². The molecule has 0 unspecified atom stereocenters. The second-order valence-electron chi connectivity index (χ2n) is 5.28. The molecule has 3 N–H and O–H groups in total. The molecule has 108 valence electrons. The first-order chi connectivity index (χ1) is 9.49. The predicted molar refractivity (Wildman–Crippen MR) is 80.6 cm³/mol. The maximum Gasteiger partial charge on any atom is 0.275 e. The molecule has 0 bridgehead atoms. The fourth-order valence-electron chi connectivity index (χ4n) is 2.86. The number of aromatic nitrogens is 1. The van der Waals surface area contributed by atoms with Gasteiger partial charge in [0.15, 0.2) is 0 Å². The number of nitrogens with one attached hydrogen (secondary N) is 1. The molecule has 0 aliphatic heterocycles. The minimum Gasteiger partial charge on any atom is -0.239 e. The van der Waals surface area contributed by atoms with Crippen molar-refractivity contribution in [1.29, 1.82) is 0 Å². The first kappa shape index (κ1) is 13.9. The van der Waals surface area contributed by atoms with E-state index in [0.29, 0.717) is 0 Å². The Kier molecular flexibility index (Phi) is 3.53. The van der Waals surface area contributed by atoms with Crippen LogP contribution in [0.1, 0.15) is 37.1 Å². The summed E-state index contributed by atoms with van der Waals surface area (Å²) in [7, 11) is -3.75. The Hall–Kier alpha value is -1.02. The van der Waals surface area contributed by atoms with Crippen LogP contribution in [0.3, 0.4) is 0 Å². The topological polar surface area (TPSA) is 85.1 Å². The zero-order chi connectivity index (χ0) is 14.2. The highest BCUT2D eigenvalue weighted by Crippen LogP contribution is 2.40. The van der Waals surface area contributed by atoms with Gasteiger partial charge in [-0.05, 0) is 25.0 Å². The molecule has 20 heavy (non-hydrogen) atoms. The molecule has 5 nitrogen and oxygen atoms in total. The molecule has 1 aromatic carbocycles. The lowest BCUT2D eigenvalue weighted by Gasteiger charge is -2.35. The Bertz CT molecular complexity index is 685. The van der Waals surface area contributed by atoms with Gasteiger partial charge in [-0.25, -0.2) is 10.1 Å². The lowest BCUT2D eigenvalue weighted by Crippen LogP contribution is -2.49. The fraction of sp³-hybridized carbons (Fsp3) is 0.462. The van der Waals surface area contributed by atoms with Crippen molar-refractivity contribution in [2.45, 2.75) is 37.6 Å². The second-order valence-corrected chi connectivity index (χ2v) is 7.60. The van der Waals surface area contributed by atoms with Crippen molar-refractivity contribution in [2.24, 2.45) is 5.14 Å². The van der Waals surface area contributed by atoms with Crippen LogP contribution in [0.4, 0.5) is 0 Å². The third kappa shape index (κ3) is 2.71. The van der Waals surface area contributed by atoms with E-state index in [9.17, 15) is 8.42 Å². The monoisotopic (exact) mass is 311 g/mol. The quantitative estimate of drug-likeness (QED) is 0.911. The van der Waals surface area contributed by atoms with Crippen molar-refractivity contribution in [3.05, 3.63) is 29.3 Å². The van der Waals surface area contributed by atoms with Gasteiger partial charge in [0.1, 0.15) is 5.01 Å². The lowest BCUT2D eigenvalue weighted by atomic mass is 9.83. The summed E-state index contributed by atoms with van der Waals surface area (Å²) in [5, 5.41) is 6.05. The Morgan fingerprint density at radius 3 is 2.55 bits per heavy atom. The van der Waals surface area contributed by atoms with Crippen LogP contribution in [-0.2, 0) is 15.7 Å². The van der Waals surface area contributed by atoms with E-state index >= 15 is 0 Å². The number of nitrogens with two attached hydrogens (primary N) is 1. The average molecular weight is 311 g/mol. The highest BCUT2D eigenvalue weighted by molar-refractivity contribution is 7.87. The first-order valence-electron chi connectivity index (χ1n) is 6.66. The van der Waals surface area contributed by atoms with Gasteiger partial charge in [0.05, 0.1) is 15.8 Å². The molecule has 0 saturated heterocycles. The summed E-state index contributed by atoms with van der Waals surface area (Å²) < 4.78 is 26.8. The first-order valence-corrected chi connectivity index (χ1v) is 9.03. The zero-order valence-electron chi connectivity index (χ0n) is 11.0. The lowest BCUT2D eigenvalue weighted by molar-refractivity contribution is 0.273. The molecule has 1 aliphatic rings. The molecule has 0 radical (unpaired) electrons. The third-order valence-electron chi connectivity index (χ3n) is 3.75. The maximum atomic E-state index is 11.5. The van der Waals surface area contributed by atoms with Gasteiger partial charge >= 0.3 is 0 Å². The van der Waals surface area contributed by atoms with Crippen molar-refractivity contribution < 1.29 is 8.42 Å². The van der Waals surface area contributed by atoms with Crippen LogP contribution in [0, 0.1) is 0 Å². The van der Waals surface area contributed by atoms with Gasteiger partial charge in [0, 0.05) is 0 Å². The SMILES string of the molecule is NS(=O)(=O)NC1(c2nc3ccccc3s2)CCCCC1. The van der Waals surface area contributed by atoms with Crippen LogP contribution in [-0.4, -0.2) is 13.4 Å². The van der Waals surface area contributed by atoms with Gasteiger partial charge < -0.3 is 0 Å². The molecule has 1 aliphatic carbocycles. The summed E-state index contributed by atoms with van der Waals surface area (Å²) in [5.74, 6) is 0. The molecule has 2 aromatic rings. The number of rotatable bonds is 3. The molecule has 1 heterocycles. The van der Waals surface area contributed by atoms with Crippen molar-refractivity contribution in [1.82, 2.24) is 9.71 Å². The Balaban J connectivity index is 2.08. The summed E-state index contributed by atoms with van der Waals surface area (Å²) >= 11 is 1.55. The minimum absolute atomic E-state index is 0.629. The summed E-state index contributed by atoms with van der Waals surface area (Å²) in [6, 6.07) is 7.85. The number of hydrogen-bond acceptors (Lipinski definition) is 4. The molecule has 1 saturated carbocycles. The van der Waals surface area contributed by atoms with Crippen LogP contribution < -0.4 is 9.86 Å².